The van der Waals surface area contributed by atoms with E-state index in [4.69, 9.17) is 47.5 Å². The van der Waals surface area contributed by atoms with Gasteiger partial charge in [-0.1, -0.05) is 155 Å². The average Bonchev–Trinajstić information content (AvgIpc) is 4.25. The van der Waals surface area contributed by atoms with Crippen molar-refractivity contribution >= 4 is 86.5 Å². The number of thiocarbonyl (C=S) groups is 1. The fraction of sp³-hybridized carbons (Fsp3) is 0.878. The van der Waals surface area contributed by atoms with Gasteiger partial charge in [-0.15, -0.1) is 23.4 Å². The molecule has 0 aromatic rings. The molecule has 1 aliphatic carbocycles. The highest BCUT2D eigenvalue weighted by Crippen LogP contribution is 2.43. The molecule has 1 saturated carbocycles. The van der Waals surface area contributed by atoms with Gasteiger partial charge in [0.25, 0.3) is 0 Å². The number of hydrogen-bond donors (Lipinski definition) is 0. The molecular weight excluding hydrogens is 1200 g/mol. The minimum atomic E-state index is -0.566. The summed E-state index contributed by atoms with van der Waals surface area (Å²) in [5, 5.41) is 0.303. The van der Waals surface area contributed by atoms with Crippen LogP contribution in [0.2, 0.25) is 0 Å². The van der Waals surface area contributed by atoms with Crippen LogP contribution in [0.5, 0.6) is 0 Å². The lowest BCUT2D eigenvalue weighted by Crippen LogP contribution is -2.36. The lowest BCUT2D eigenvalue weighted by Gasteiger charge is -2.30. The SMILES string of the molecule is C=CC(C)(C)OC(=O)C(C)(C)CC.CCC(C)(C)C(=O)OC(C)(C)C.CCC(C)(C)C(=O)OC(C)(C)C1CC1.CCC(C)(C)C(=O)OC(C)(C)CCl.CCC(C)(C)C(=O)SC(C)(C)C.CCC(C)(C)C(=S)SC(C)(C)C.CCC(C)(C)OC(=O)C(C)(C)CC. The Labute approximate surface area is 569 Å². The first-order valence-corrected chi connectivity index (χ1v) is 35.5. The largest absolute Gasteiger partial charge is 0.460 e. The summed E-state index contributed by atoms with van der Waals surface area (Å²) < 4.78 is 28.2. The molecule has 530 valence electrons. The lowest BCUT2D eigenvalue weighted by atomic mass is 9.90. The number of halogens is 1. The van der Waals surface area contributed by atoms with Crippen LogP contribution < -0.4 is 0 Å². The van der Waals surface area contributed by atoms with E-state index >= 15 is 0 Å². The molecule has 1 aliphatic rings. The Morgan fingerprint density at radius 1 is 0.393 bits per heavy atom. The Morgan fingerprint density at radius 3 is 0.899 bits per heavy atom. The van der Waals surface area contributed by atoms with Crippen LogP contribution >= 0.6 is 47.3 Å². The van der Waals surface area contributed by atoms with Gasteiger partial charge in [-0.2, -0.15) is 0 Å². The number of alkyl halides is 1. The Morgan fingerprint density at radius 2 is 0.663 bits per heavy atom. The first-order chi connectivity index (χ1) is 39.1. The molecule has 15 heteroatoms. The van der Waals surface area contributed by atoms with Crippen molar-refractivity contribution in [3.63, 3.8) is 0 Å². The predicted molar refractivity (Wildman–Crippen MR) is 391 cm³/mol. The first-order valence-electron chi connectivity index (χ1n) is 32.9. The Balaban J connectivity index is -0.000000226. The maximum absolute atomic E-state index is 11.8. The summed E-state index contributed by atoms with van der Waals surface area (Å²) in [6, 6.07) is 0. The van der Waals surface area contributed by atoms with Crippen LogP contribution in [0.3, 0.4) is 0 Å². The van der Waals surface area contributed by atoms with Gasteiger partial charge in [-0.25, -0.2) is 0 Å². The molecule has 0 N–H and O–H groups in total. The van der Waals surface area contributed by atoms with Gasteiger partial charge in [0, 0.05) is 20.3 Å². The molecule has 0 aromatic heterocycles. The second-order valence-electron chi connectivity index (χ2n) is 33.4. The molecular formula is C74H143ClO11S3. The maximum atomic E-state index is 11.8. The van der Waals surface area contributed by atoms with Crippen LogP contribution in [0, 0.1) is 43.8 Å². The molecule has 0 bridgehead atoms. The maximum Gasteiger partial charge on any atom is 0.312 e. The molecule has 11 nitrogen and oxygen atoms in total. The van der Waals surface area contributed by atoms with Crippen LogP contribution in [0.4, 0.5) is 0 Å². The molecule has 0 atom stereocenters. The van der Waals surface area contributed by atoms with Crippen molar-refractivity contribution in [1.29, 1.82) is 0 Å². The van der Waals surface area contributed by atoms with Crippen LogP contribution in [0.1, 0.15) is 334 Å². The number of hydrogen-bond acceptors (Lipinski definition) is 14. The topological polar surface area (TPSA) is 149 Å². The summed E-state index contributed by atoms with van der Waals surface area (Å²) in [5.41, 5.74) is -3.92. The molecule has 1 fully saturated rings. The Kier molecular flexibility index (Phi) is 43.6. The molecule has 0 saturated heterocycles. The van der Waals surface area contributed by atoms with Gasteiger partial charge < -0.3 is 23.7 Å². The number of esters is 5. The minimum absolute atomic E-state index is 0.0452. The summed E-state index contributed by atoms with van der Waals surface area (Å²) in [7, 11) is 0. The highest BCUT2D eigenvalue weighted by molar-refractivity contribution is 8.24. The highest BCUT2D eigenvalue weighted by Gasteiger charge is 2.43. The van der Waals surface area contributed by atoms with Crippen molar-refractivity contribution in [1.82, 2.24) is 0 Å². The number of ether oxygens (including phenoxy) is 5. The quantitative estimate of drug-likeness (QED) is 0.0333. The van der Waals surface area contributed by atoms with E-state index in [-0.39, 0.29) is 83.2 Å². The van der Waals surface area contributed by atoms with E-state index in [1.54, 1.807) is 6.08 Å². The zero-order chi connectivity index (χ0) is 73.1. The van der Waals surface area contributed by atoms with Crippen molar-refractivity contribution < 1.29 is 52.5 Å². The number of carbonyl (C=O) groups excluding carboxylic acids is 6. The second-order valence-corrected chi connectivity index (χ2v) is 38.0. The molecule has 0 radical (unpaired) electrons. The highest BCUT2D eigenvalue weighted by atomic mass is 35.5. The van der Waals surface area contributed by atoms with E-state index in [0.29, 0.717) is 16.9 Å². The first kappa shape index (κ1) is 97.9. The van der Waals surface area contributed by atoms with Crippen molar-refractivity contribution in [3.05, 3.63) is 12.7 Å². The molecule has 0 amide bonds. The normalized spacial score (nSPS) is 13.7. The molecule has 0 heterocycles. The van der Waals surface area contributed by atoms with Crippen molar-refractivity contribution in [2.45, 2.75) is 372 Å². The molecule has 0 unspecified atom stereocenters. The molecule has 1 rings (SSSR count). The van der Waals surface area contributed by atoms with Crippen LogP contribution in [-0.4, -0.2) is 82.5 Å². The van der Waals surface area contributed by atoms with E-state index in [2.05, 4.69) is 75.8 Å². The van der Waals surface area contributed by atoms with Crippen molar-refractivity contribution in [2.24, 2.45) is 43.8 Å². The third kappa shape index (κ3) is 46.6. The fourth-order valence-electron chi connectivity index (χ4n) is 4.79. The van der Waals surface area contributed by atoms with E-state index in [1.165, 1.54) is 24.6 Å². The summed E-state index contributed by atoms with van der Waals surface area (Å²) in [4.78, 5) is 69.8. The zero-order valence-corrected chi connectivity index (χ0v) is 68.4. The van der Waals surface area contributed by atoms with E-state index in [0.717, 1.165) is 55.6 Å². The monoisotopic (exact) mass is 1340 g/mol. The second kappa shape index (κ2) is 39.6. The van der Waals surface area contributed by atoms with Gasteiger partial charge in [0.2, 0.25) is 0 Å². The van der Waals surface area contributed by atoms with Gasteiger partial charge in [0.15, 0.2) is 5.12 Å². The molecule has 89 heavy (non-hydrogen) atoms. The molecule has 0 aromatic carbocycles. The average molecular weight is 1340 g/mol. The minimum Gasteiger partial charge on any atom is -0.460 e. The van der Waals surface area contributed by atoms with Crippen LogP contribution in [-0.2, 0) is 52.5 Å². The standard InChI is InChI=1S/C12H22O2.C11H22O2.C11H20O2.C10H19ClO2.C10H20O2.C10H20OS.C10H20S2/c1-6-11(2,3)10(13)14-12(4,5)9-7-8-9;2*1-7-10(3,4)9(12)13-11(5,6)8-2;1-6-9(2,3)8(12)13-10(4,5)7-11;3*1-7-10(5,6)8(11)12-9(2,3)4/h9H,6-8H2,1-5H3;7-8H2,1-6H3;8H,2,7H2,1,3-6H3;6-7H2,1-5H3;3*7H2,1-6H3. The smallest absolute Gasteiger partial charge is 0.312 e. The Hall–Kier alpha value is -2.16. The summed E-state index contributed by atoms with van der Waals surface area (Å²) in [5.74, 6) is 0.286. The van der Waals surface area contributed by atoms with Gasteiger partial charge in [0.1, 0.15) is 28.0 Å². The summed E-state index contributed by atoms with van der Waals surface area (Å²) in [6.45, 7) is 81.0. The van der Waals surface area contributed by atoms with Gasteiger partial charge in [-0.3, -0.25) is 28.8 Å². The summed E-state index contributed by atoms with van der Waals surface area (Å²) >= 11 is 14.3. The van der Waals surface area contributed by atoms with E-state index < -0.39 is 22.0 Å². The number of rotatable bonds is 22. The van der Waals surface area contributed by atoms with E-state index in [9.17, 15) is 28.8 Å². The van der Waals surface area contributed by atoms with Crippen molar-refractivity contribution in [3.8, 4) is 0 Å². The summed E-state index contributed by atoms with van der Waals surface area (Å²) in [6.07, 6.45) is 10.9. The van der Waals surface area contributed by atoms with E-state index in [1.807, 2.05) is 213 Å². The van der Waals surface area contributed by atoms with Crippen LogP contribution in [0.25, 0.3) is 0 Å². The van der Waals surface area contributed by atoms with Crippen LogP contribution in [0.15, 0.2) is 12.7 Å². The predicted octanol–water partition coefficient (Wildman–Crippen LogP) is 22.7. The Bertz CT molecular complexity index is 2000. The lowest BCUT2D eigenvalue weighted by molar-refractivity contribution is -0.170. The van der Waals surface area contributed by atoms with Gasteiger partial charge >= 0.3 is 29.8 Å². The number of carbonyl (C=O) groups is 6. The number of thioether (sulfide) groups is 2. The third-order valence-electron chi connectivity index (χ3n) is 15.9. The molecule has 0 aliphatic heterocycles. The van der Waals surface area contributed by atoms with Gasteiger partial charge in [-0.05, 0) is 222 Å². The fourth-order valence-corrected chi connectivity index (χ4v) is 7.70. The van der Waals surface area contributed by atoms with Crippen molar-refractivity contribution in [2.75, 3.05) is 5.88 Å². The zero-order valence-electron chi connectivity index (χ0n) is 65.2. The molecule has 0 spiro atoms. The van der Waals surface area contributed by atoms with Gasteiger partial charge in [0.05, 0.1) is 37.2 Å². The third-order valence-corrected chi connectivity index (χ3v) is 20.1.